The number of carbonyl (C=O) groups excluding carboxylic acids is 1. The number of nitriles is 1. The average Bonchev–Trinajstić information content (AvgIpc) is 2.87. The number of halogens is 2. The second-order valence-electron chi connectivity index (χ2n) is 8.02. The molecule has 7 heteroatoms. The normalized spacial score (nSPS) is 18.0. The third kappa shape index (κ3) is 4.66. The molecule has 0 fully saturated rings. The molecule has 0 spiro atoms. The van der Waals surface area contributed by atoms with Gasteiger partial charge in [0.2, 0.25) is 0 Å². The van der Waals surface area contributed by atoms with Crippen LogP contribution in [0, 0.1) is 11.3 Å². The first kappa shape index (κ1) is 22.3. The van der Waals surface area contributed by atoms with E-state index in [2.05, 4.69) is 16.4 Å². The van der Waals surface area contributed by atoms with Gasteiger partial charge in [0.15, 0.2) is 11.7 Å². The Labute approximate surface area is 191 Å². The van der Waals surface area contributed by atoms with Crippen LogP contribution in [0.5, 0.6) is 0 Å². The summed E-state index contributed by atoms with van der Waals surface area (Å²) in [4.78, 5) is 16.9. The highest BCUT2D eigenvalue weighted by Gasteiger charge is 2.33. The van der Waals surface area contributed by atoms with E-state index >= 15 is 0 Å². The molecule has 2 heterocycles. The predicted molar refractivity (Wildman–Crippen MR) is 122 cm³/mol. The number of ether oxygens (including phenoxy) is 1. The third-order valence-electron chi connectivity index (χ3n) is 5.58. The van der Waals surface area contributed by atoms with Crippen LogP contribution in [0.1, 0.15) is 46.7 Å². The second-order valence-corrected chi connectivity index (χ2v) is 8.02. The van der Waals surface area contributed by atoms with Gasteiger partial charge < -0.3 is 10.1 Å². The Kier molecular flexibility index (Phi) is 6.29. The van der Waals surface area contributed by atoms with E-state index in [0.717, 1.165) is 11.1 Å². The van der Waals surface area contributed by atoms with E-state index in [1.54, 1.807) is 43.3 Å². The van der Waals surface area contributed by atoms with Crippen LogP contribution in [0.15, 0.2) is 66.9 Å². The number of nitrogens with one attached hydrogen (secondary N) is 1. The third-order valence-corrected chi connectivity index (χ3v) is 5.58. The quantitative estimate of drug-likeness (QED) is 0.573. The summed E-state index contributed by atoms with van der Waals surface area (Å²) in [5, 5.41) is 12.3. The Balaban J connectivity index is 0.00000324. The lowest BCUT2D eigenvalue weighted by atomic mass is 9.79. The van der Waals surface area contributed by atoms with Gasteiger partial charge in [-0.1, -0.05) is 36.4 Å². The minimum atomic E-state index is -0.996. The van der Waals surface area contributed by atoms with Crippen molar-refractivity contribution in [1.82, 2.24) is 10.3 Å². The van der Waals surface area contributed by atoms with E-state index in [0.29, 0.717) is 17.9 Å². The Hall–Kier alpha value is -3.89. The van der Waals surface area contributed by atoms with E-state index in [1.165, 1.54) is 30.5 Å². The predicted octanol–water partition coefficient (Wildman–Crippen LogP) is 5.33. The fourth-order valence-corrected chi connectivity index (χ4v) is 3.71. The number of aromatic nitrogens is 1. The van der Waals surface area contributed by atoms with Crippen LogP contribution in [-0.2, 0) is 23.3 Å². The number of hydrogen-bond acceptors (Lipinski definition) is 4. The lowest BCUT2D eigenvalue weighted by Crippen LogP contribution is -2.33. The molecule has 1 N–H and O–H groups in total. The van der Waals surface area contributed by atoms with Gasteiger partial charge in [-0.2, -0.15) is 5.26 Å². The van der Waals surface area contributed by atoms with Crippen LogP contribution in [0.2, 0.25) is 0 Å². The van der Waals surface area contributed by atoms with Crippen LogP contribution < -0.4 is 5.32 Å². The first-order chi connectivity index (χ1) is 15.9. The minimum Gasteiger partial charge on any atom is -0.375 e. The standard InChI is InChI=1S/C26H21F2N3O2.H2/c1-26(15-29)16-33-14-20-8-7-19(12-22(20)26)25(32)31-13-21-11-18(9-10-30-21)24(28)23(27)17-5-3-2-4-6-17;/h2-12H,13-14,16H2,1H3,(H,31,32);1H/b24-23+;/t26-;/m1./s1. The van der Waals surface area contributed by atoms with Crippen LogP contribution in [0.25, 0.3) is 11.7 Å². The molecule has 1 amide bonds. The fourth-order valence-electron chi connectivity index (χ4n) is 3.71. The van der Waals surface area contributed by atoms with Gasteiger partial charge in [-0.25, -0.2) is 8.78 Å². The summed E-state index contributed by atoms with van der Waals surface area (Å²) in [6.07, 6.45) is 1.37. The summed E-state index contributed by atoms with van der Waals surface area (Å²) in [7, 11) is 0. The molecule has 4 rings (SSSR count). The number of pyridine rings is 1. The van der Waals surface area contributed by atoms with Gasteiger partial charge in [-0.3, -0.25) is 9.78 Å². The number of carbonyl (C=O) groups is 1. The van der Waals surface area contributed by atoms with Crippen molar-refractivity contribution >= 4 is 17.6 Å². The zero-order valence-electron chi connectivity index (χ0n) is 17.9. The molecule has 5 nitrogen and oxygen atoms in total. The van der Waals surface area contributed by atoms with Gasteiger partial charge in [-0.15, -0.1) is 0 Å². The minimum absolute atomic E-state index is 0. The zero-order chi connectivity index (χ0) is 23.4. The Morgan fingerprint density at radius 3 is 2.64 bits per heavy atom. The van der Waals surface area contributed by atoms with Gasteiger partial charge in [0.05, 0.1) is 31.5 Å². The average molecular weight is 447 g/mol. The van der Waals surface area contributed by atoms with Crippen molar-refractivity contribution in [1.29, 1.82) is 5.26 Å². The number of fused-ring (bicyclic) bond motifs is 1. The molecule has 3 aromatic rings. The second kappa shape index (κ2) is 9.31. The van der Waals surface area contributed by atoms with Gasteiger partial charge in [0.1, 0.15) is 5.41 Å². The lowest BCUT2D eigenvalue weighted by molar-refractivity contribution is 0.0757. The Bertz CT molecular complexity index is 1270. The number of nitrogens with zero attached hydrogens (tertiary/aromatic N) is 2. The zero-order valence-corrected chi connectivity index (χ0v) is 17.9. The molecule has 1 aliphatic rings. The monoisotopic (exact) mass is 447 g/mol. The van der Waals surface area contributed by atoms with Gasteiger partial charge in [0.25, 0.3) is 5.91 Å². The molecule has 1 atom stereocenters. The summed E-state index contributed by atoms with van der Waals surface area (Å²) in [5.74, 6) is -2.32. The molecule has 1 aromatic heterocycles. The van der Waals surface area contributed by atoms with E-state index in [-0.39, 0.29) is 31.6 Å². The number of benzene rings is 2. The fraction of sp³-hybridized carbons (Fsp3) is 0.192. The molecule has 168 valence electrons. The summed E-state index contributed by atoms with van der Waals surface area (Å²) >= 11 is 0. The van der Waals surface area contributed by atoms with Crippen molar-refractivity contribution in [3.05, 3.63) is 100 Å². The molecule has 0 saturated carbocycles. The number of hydrogen-bond donors (Lipinski definition) is 1. The van der Waals surface area contributed by atoms with Gasteiger partial charge >= 0.3 is 0 Å². The number of amides is 1. The first-order valence-corrected chi connectivity index (χ1v) is 10.4. The summed E-state index contributed by atoms with van der Waals surface area (Å²) in [6, 6.07) is 18.1. The van der Waals surface area contributed by atoms with Crippen LogP contribution in [0.3, 0.4) is 0 Å². The maximum Gasteiger partial charge on any atom is 0.251 e. The molecule has 0 radical (unpaired) electrons. The Morgan fingerprint density at radius 1 is 1.12 bits per heavy atom. The highest BCUT2D eigenvalue weighted by atomic mass is 19.2. The molecule has 0 unspecified atom stereocenters. The van der Waals surface area contributed by atoms with Gasteiger partial charge in [0, 0.05) is 24.3 Å². The van der Waals surface area contributed by atoms with Crippen LogP contribution >= 0.6 is 0 Å². The van der Waals surface area contributed by atoms with E-state index in [9.17, 15) is 18.8 Å². The molecule has 33 heavy (non-hydrogen) atoms. The van der Waals surface area contributed by atoms with Gasteiger partial charge in [-0.05, 0) is 42.3 Å². The molecule has 0 saturated heterocycles. The van der Waals surface area contributed by atoms with Crippen molar-refractivity contribution in [2.45, 2.75) is 25.5 Å². The largest absolute Gasteiger partial charge is 0.375 e. The van der Waals surface area contributed by atoms with Crippen molar-refractivity contribution in [3.8, 4) is 6.07 Å². The molecular formula is C26H23F2N3O2. The van der Waals surface area contributed by atoms with Crippen molar-refractivity contribution < 1.29 is 19.7 Å². The highest BCUT2D eigenvalue weighted by molar-refractivity contribution is 5.94. The summed E-state index contributed by atoms with van der Waals surface area (Å²) in [6.45, 7) is 2.46. The van der Waals surface area contributed by atoms with E-state index in [4.69, 9.17) is 4.74 Å². The van der Waals surface area contributed by atoms with E-state index in [1.807, 2.05) is 0 Å². The molecule has 1 aliphatic heterocycles. The molecular weight excluding hydrogens is 424 g/mol. The molecule has 0 aliphatic carbocycles. The number of rotatable bonds is 5. The maximum absolute atomic E-state index is 14.7. The first-order valence-electron chi connectivity index (χ1n) is 10.4. The molecule has 2 aromatic carbocycles. The lowest BCUT2D eigenvalue weighted by Gasteiger charge is -2.30. The van der Waals surface area contributed by atoms with Crippen molar-refractivity contribution in [2.24, 2.45) is 0 Å². The summed E-state index contributed by atoms with van der Waals surface area (Å²) in [5.41, 5.74) is 1.77. The van der Waals surface area contributed by atoms with Crippen LogP contribution in [-0.4, -0.2) is 17.5 Å². The Morgan fingerprint density at radius 2 is 1.88 bits per heavy atom. The molecule has 0 bridgehead atoms. The SMILES string of the molecule is C[C@@]1(C#N)COCc2ccc(C(=O)NCc3cc(/C(F)=C(\F)c4ccccc4)ccn3)cc21.[HH]. The smallest absolute Gasteiger partial charge is 0.251 e. The summed E-state index contributed by atoms with van der Waals surface area (Å²) < 4.78 is 34.7. The van der Waals surface area contributed by atoms with E-state index < -0.39 is 17.1 Å². The topological polar surface area (TPSA) is 75.0 Å². The maximum atomic E-state index is 14.7. The van der Waals surface area contributed by atoms with Crippen LogP contribution in [0.4, 0.5) is 8.78 Å². The highest BCUT2D eigenvalue weighted by Crippen LogP contribution is 2.32. The van der Waals surface area contributed by atoms with Crippen molar-refractivity contribution in [2.75, 3.05) is 6.61 Å². The van der Waals surface area contributed by atoms with Crippen molar-refractivity contribution in [3.63, 3.8) is 0 Å².